The Balaban J connectivity index is 2.49. The fourth-order valence-electron chi connectivity index (χ4n) is 0.820. The molecule has 0 saturated carbocycles. The summed E-state index contributed by atoms with van der Waals surface area (Å²) in [7, 11) is 0. The summed E-state index contributed by atoms with van der Waals surface area (Å²) in [4.78, 5) is 11.5. The van der Waals surface area contributed by atoms with Gasteiger partial charge in [-0.3, -0.25) is 4.79 Å². The summed E-state index contributed by atoms with van der Waals surface area (Å²) < 4.78 is 3.62. The highest BCUT2D eigenvalue weighted by Crippen LogP contribution is 2.06. The molecule has 4 nitrogen and oxygen atoms in total. The fourth-order valence-corrected chi connectivity index (χ4v) is 1.52. The van der Waals surface area contributed by atoms with E-state index in [1.807, 2.05) is 13.8 Å². The monoisotopic (exact) mass is 233 g/mol. The molecule has 1 aromatic heterocycles. The zero-order chi connectivity index (χ0) is 10.6. The molecule has 0 radical (unpaired) electrons. The minimum atomic E-state index is -0.191. The molecule has 0 bridgehead atoms. The Labute approximate surface area is 91.8 Å². The molecule has 1 aromatic rings. The number of aromatic nitrogens is 2. The lowest BCUT2D eigenvalue weighted by Crippen LogP contribution is -2.37. The third-order valence-corrected chi connectivity index (χ3v) is 3.04. The molecule has 14 heavy (non-hydrogen) atoms. The molecule has 1 N–H and O–H groups in total. The van der Waals surface area contributed by atoms with Crippen molar-refractivity contribution < 1.29 is 4.79 Å². The third kappa shape index (κ3) is 2.92. The molecule has 0 aliphatic rings. The molecule has 0 spiro atoms. The predicted molar refractivity (Wildman–Crippen MR) is 56.7 cm³/mol. The first-order valence-electron chi connectivity index (χ1n) is 4.29. The van der Waals surface area contributed by atoms with Gasteiger partial charge in [-0.1, -0.05) is 11.4 Å². The van der Waals surface area contributed by atoms with E-state index in [2.05, 4.69) is 14.9 Å². The van der Waals surface area contributed by atoms with E-state index in [1.54, 1.807) is 5.38 Å². The minimum Gasteiger partial charge on any atom is -0.348 e. The van der Waals surface area contributed by atoms with Crippen molar-refractivity contribution in [1.82, 2.24) is 14.9 Å². The Morgan fingerprint density at radius 1 is 1.71 bits per heavy atom. The highest BCUT2D eigenvalue weighted by atomic mass is 35.5. The number of alkyl halides is 1. The number of rotatable bonds is 4. The van der Waals surface area contributed by atoms with Crippen molar-refractivity contribution in [2.75, 3.05) is 5.88 Å². The number of hydrogen-bond donors (Lipinski definition) is 1. The standard InChI is InChI=1S/C8H12ClN3OS/c1-5(3-9)6(2)10-8(13)7-4-14-12-11-7/h4-6H,3H2,1-2H3,(H,10,13). The first-order chi connectivity index (χ1) is 6.65. The average molecular weight is 234 g/mol. The number of carbonyl (C=O) groups is 1. The predicted octanol–water partition coefficient (Wildman–Crippen LogP) is 1.53. The van der Waals surface area contributed by atoms with Crippen LogP contribution >= 0.6 is 23.1 Å². The molecule has 0 fully saturated rings. The number of nitrogens with one attached hydrogen (secondary N) is 1. The molecule has 6 heteroatoms. The van der Waals surface area contributed by atoms with Crippen molar-refractivity contribution >= 4 is 29.0 Å². The second-order valence-electron chi connectivity index (χ2n) is 3.18. The van der Waals surface area contributed by atoms with Crippen molar-refractivity contribution in [3.05, 3.63) is 11.1 Å². The Bertz CT molecular complexity index is 291. The van der Waals surface area contributed by atoms with Crippen molar-refractivity contribution in [2.45, 2.75) is 19.9 Å². The number of carbonyl (C=O) groups excluding carboxylic acids is 1. The van der Waals surface area contributed by atoms with E-state index in [0.717, 1.165) is 11.5 Å². The quantitative estimate of drug-likeness (QED) is 0.803. The van der Waals surface area contributed by atoms with E-state index < -0.39 is 0 Å². The summed E-state index contributed by atoms with van der Waals surface area (Å²) in [5.41, 5.74) is 0.364. The van der Waals surface area contributed by atoms with E-state index in [9.17, 15) is 4.79 Å². The molecular formula is C8H12ClN3OS. The third-order valence-electron chi connectivity index (χ3n) is 2.05. The van der Waals surface area contributed by atoms with Gasteiger partial charge in [-0.25, -0.2) is 0 Å². The van der Waals surface area contributed by atoms with Gasteiger partial charge >= 0.3 is 0 Å². The maximum atomic E-state index is 11.5. The molecule has 78 valence electrons. The number of halogens is 1. The second kappa shape index (κ2) is 5.26. The highest BCUT2D eigenvalue weighted by molar-refractivity contribution is 7.03. The summed E-state index contributed by atoms with van der Waals surface area (Å²) in [6.45, 7) is 3.90. The summed E-state index contributed by atoms with van der Waals surface area (Å²) in [5, 5.41) is 8.11. The molecule has 2 atom stereocenters. The van der Waals surface area contributed by atoms with Gasteiger partial charge in [-0.15, -0.1) is 16.7 Å². The van der Waals surface area contributed by atoms with E-state index in [0.29, 0.717) is 11.6 Å². The lowest BCUT2D eigenvalue weighted by Gasteiger charge is -2.18. The summed E-state index contributed by atoms with van der Waals surface area (Å²) in [6.07, 6.45) is 0. The number of amides is 1. The van der Waals surface area contributed by atoms with Gasteiger partial charge in [0.2, 0.25) is 0 Å². The summed E-state index contributed by atoms with van der Waals surface area (Å²) in [6, 6.07) is 0.0432. The normalized spacial score (nSPS) is 14.8. The molecule has 1 rings (SSSR count). The molecular weight excluding hydrogens is 222 g/mol. The van der Waals surface area contributed by atoms with Crippen LogP contribution in [0.5, 0.6) is 0 Å². The van der Waals surface area contributed by atoms with Gasteiger partial charge in [0.05, 0.1) is 0 Å². The first-order valence-corrected chi connectivity index (χ1v) is 5.66. The average Bonchev–Trinajstić information content (AvgIpc) is 2.69. The van der Waals surface area contributed by atoms with Gasteiger partial charge in [0.1, 0.15) is 0 Å². The fraction of sp³-hybridized carbons (Fsp3) is 0.625. The molecule has 1 heterocycles. The molecule has 2 unspecified atom stereocenters. The van der Waals surface area contributed by atoms with Crippen LogP contribution in [0, 0.1) is 5.92 Å². The molecule has 0 aromatic carbocycles. The smallest absolute Gasteiger partial charge is 0.272 e. The van der Waals surface area contributed by atoms with Crippen LogP contribution in [-0.4, -0.2) is 27.4 Å². The van der Waals surface area contributed by atoms with Crippen molar-refractivity contribution in [3.8, 4) is 0 Å². The van der Waals surface area contributed by atoms with Crippen LogP contribution in [-0.2, 0) is 0 Å². The van der Waals surface area contributed by atoms with Crippen molar-refractivity contribution in [1.29, 1.82) is 0 Å². The van der Waals surface area contributed by atoms with Crippen LogP contribution in [0.3, 0.4) is 0 Å². The Kier molecular flexibility index (Phi) is 4.28. The van der Waals surface area contributed by atoms with Crippen molar-refractivity contribution in [3.63, 3.8) is 0 Å². The van der Waals surface area contributed by atoms with E-state index in [-0.39, 0.29) is 17.9 Å². The Morgan fingerprint density at radius 2 is 2.43 bits per heavy atom. The summed E-state index contributed by atoms with van der Waals surface area (Å²) in [5.74, 6) is 0.576. The molecule has 0 aliphatic carbocycles. The maximum Gasteiger partial charge on any atom is 0.272 e. The van der Waals surface area contributed by atoms with Crippen LogP contribution in [0.4, 0.5) is 0 Å². The summed E-state index contributed by atoms with van der Waals surface area (Å²) >= 11 is 6.84. The second-order valence-corrected chi connectivity index (χ2v) is 4.10. The van der Waals surface area contributed by atoms with E-state index in [1.165, 1.54) is 0 Å². The lowest BCUT2D eigenvalue weighted by molar-refractivity contribution is 0.0926. The maximum absolute atomic E-state index is 11.5. The van der Waals surface area contributed by atoms with E-state index >= 15 is 0 Å². The van der Waals surface area contributed by atoms with Gasteiger partial charge in [-0.05, 0) is 24.4 Å². The molecule has 0 saturated heterocycles. The van der Waals surface area contributed by atoms with Gasteiger partial charge < -0.3 is 5.32 Å². The van der Waals surface area contributed by atoms with Crippen LogP contribution in [0.25, 0.3) is 0 Å². The topological polar surface area (TPSA) is 54.9 Å². The van der Waals surface area contributed by atoms with Gasteiger partial charge in [0.25, 0.3) is 5.91 Å². The zero-order valence-electron chi connectivity index (χ0n) is 8.03. The number of hydrogen-bond acceptors (Lipinski definition) is 4. The van der Waals surface area contributed by atoms with Crippen LogP contribution in [0.15, 0.2) is 5.38 Å². The molecule has 0 aliphatic heterocycles. The van der Waals surface area contributed by atoms with Gasteiger partial charge in [0.15, 0.2) is 5.69 Å². The van der Waals surface area contributed by atoms with E-state index in [4.69, 9.17) is 11.6 Å². The van der Waals surface area contributed by atoms with Crippen molar-refractivity contribution in [2.24, 2.45) is 5.92 Å². The van der Waals surface area contributed by atoms with Crippen LogP contribution in [0.1, 0.15) is 24.3 Å². The molecule has 1 amide bonds. The minimum absolute atomic E-state index is 0.0432. The van der Waals surface area contributed by atoms with Gasteiger partial charge in [0, 0.05) is 17.3 Å². The Morgan fingerprint density at radius 3 is 2.93 bits per heavy atom. The lowest BCUT2D eigenvalue weighted by atomic mass is 10.1. The zero-order valence-corrected chi connectivity index (χ0v) is 9.60. The highest BCUT2D eigenvalue weighted by Gasteiger charge is 2.16. The van der Waals surface area contributed by atoms with Crippen LogP contribution < -0.4 is 5.32 Å². The number of nitrogens with zero attached hydrogens (tertiary/aromatic N) is 2. The Hall–Kier alpha value is -0.680. The first kappa shape index (κ1) is 11.4. The van der Waals surface area contributed by atoms with Crippen LogP contribution in [0.2, 0.25) is 0 Å². The SMILES string of the molecule is CC(CCl)C(C)NC(=O)c1csnn1. The van der Waals surface area contributed by atoms with Gasteiger partial charge in [-0.2, -0.15) is 0 Å². The largest absolute Gasteiger partial charge is 0.348 e.